The Kier molecular flexibility index (Phi) is 4.44. The number of phenolic OH excluding ortho intramolecular Hbond substituents is 1. The molecular weight excluding hydrogens is 254 g/mol. The van der Waals surface area contributed by atoms with Gasteiger partial charge in [0.1, 0.15) is 5.75 Å². The van der Waals surface area contributed by atoms with Crippen molar-refractivity contribution in [2.24, 2.45) is 5.92 Å². The van der Waals surface area contributed by atoms with Crippen molar-refractivity contribution in [2.75, 3.05) is 19.8 Å². The summed E-state index contributed by atoms with van der Waals surface area (Å²) < 4.78 is 5.34. The summed E-state index contributed by atoms with van der Waals surface area (Å²) in [7, 11) is 0. The maximum atomic E-state index is 11.9. The van der Waals surface area contributed by atoms with Gasteiger partial charge in [0, 0.05) is 18.2 Å². The summed E-state index contributed by atoms with van der Waals surface area (Å²) in [6, 6.07) is 4.46. The number of carbonyl (C=O) groups excluding carboxylic acids is 1. The molecule has 1 atom stereocenters. The van der Waals surface area contributed by atoms with E-state index in [1.165, 1.54) is 12.1 Å². The smallest absolute Gasteiger partial charge is 0.255 e. The van der Waals surface area contributed by atoms with Crippen LogP contribution in [0.3, 0.4) is 0 Å². The molecule has 0 bridgehead atoms. The van der Waals surface area contributed by atoms with E-state index in [4.69, 9.17) is 16.3 Å². The number of hydrogen-bond acceptors (Lipinski definition) is 3. The molecule has 1 saturated heterocycles. The second-order valence-corrected chi connectivity index (χ2v) is 4.89. The van der Waals surface area contributed by atoms with Gasteiger partial charge in [0.2, 0.25) is 0 Å². The van der Waals surface area contributed by atoms with E-state index in [1.807, 2.05) is 0 Å². The minimum atomic E-state index is -0.283. The van der Waals surface area contributed by atoms with Crippen LogP contribution in [0.1, 0.15) is 23.2 Å². The number of carbonyl (C=O) groups is 1. The zero-order valence-electron chi connectivity index (χ0n) is 9.99. The van der Waals surface area contributed by atoms with Crippen LogP contribution in [-0.4, -0.2) is 30.8 Å². The Bertz CT molecular complexity index is 430. The largest absolute Gasteiger partial charge is 0.507 e. The van der Waals surface area contributed by atoms with Gasteiger partial charge in [0.15, 0.2) is 0 Å². The van der Waals surface area contributed by atoms with Gasteiger partial charge in [0.05, 0.1) is 12.2 Å². The van der Waals surface area contributed by atoms with Gasteiger partial charge in [-0.15, -0.1) is 0 Å². The van der Waals surface area contributed by atoms with Gasteiger partial charge in [-0.1, -0.05) is 11.6 Å². The van der Waals surface area contributed by atoms with Gasteiger partial charge >= 0.3 is 0 Å². The Labute approximate surface area is 111 Å². The molecule has 0 aliphatic carbocycles. The summed E-state index contributed by atoms with van der Waals surface area (Å²) in [6.07, 6.45) is 2.10. The predicted molar refractivity (Wildman–Crippen MR) is 69.0 cm³/mol. The summed E-state index contributed by atoms with van der Waals surface area (Å²) in [6.45, 7) is 2.07. The van der Waals surface area contributed by atoms with Gasteiger partial charge in [0.25, 0.3) is 5.91 Å². The monoisotopic (exact) mass is 269 g/mol. The molecule has 1 aliphatic heterocycles. The quantitative estimate of drug-likeness (QED) is 0.884. The van der Waals surface area contributed by atoms with Gasteiger partial charge in [-0.2, -0.15) is 0 Å². The third kappa shape index (κ3) is 3.37. The Balaban J connectivity index is 1.90. The molecule has 4 nitrogen and oxygen atoms in total. The molecular formula is C13H16ClNO3. The van der Waals surface area contributed by atoms with Crippen molar-refractivity contribution >= 4 is 17.5 Å². The van der Waals surface area contributed by atoms with Gasteiger partial charge in [-0.25, -0.2) is 0 Å². The summed E-state index contributed by atoms with van der Waals surface area (Å²) in [5.74, 6) is -0.0215. The zero-order valence-corrected chi connectivity index (χ0v) is 10.7. The lowest BCUT2D eigenvalue weighted by Gasteiger charge is -2.22. The van der Waals surface area contributed by atoms with E-state index < -0.39 is 0 Å². The highest BCUT2D eigenvalue weighted by atomic mass is 35.5. The molecule has 98 valence electrons. The molecule has 0 spiro atoms. The number of nitrogens with one attached hydrogen (secondary N) is 1. The summed E-state index contributed by atoms with van der Waals surface area (Å²) in [4.78, 5) is 11.9. The first-order valence-corrected chi connectivity index (χ1v) is 6.39. The highest BCUT2D eigenvalue weighted by Gasteiger charge is 2.16. The average molecular weight is 270 g/mol. The summed E-state index contributed by atoms with van der Waals surface area (Å²) in [5, 5.41) is 12.8. The van der Waals surface area contributed by atoms with Crippen LogP contribution in [0.2, 0.25) is 5.02 Å². The lowest BCUT2D eigenvalue weighted by Crippen LogP contribution is -2.33. The van der Waals surface area contributed by atoms with Crippen LogP contribution >= 0.6 is 11.6 Å². The second-order valence-electron chi connectivity index (χ2n) is 4.45. The van der Waals surface area contributed by atoms with Crippen molar-refractivity contribution < 1.29 is 14.6 Å². The maximum Gasteiger partial charge on any atom is 0.255 e. The Morgan fingerprint density at radius 2 is 2.39 bits per heavy atom. The van der Waals surface area contributed by atoms with Gasteiger partial charge in [-0.05, 0) is 37.0 Å². The average Bonchev–Trinajstić information content (AvgIpc) is 2.37. The Hall–Kier alpha value is -1.26. The molecule has 0 saturated carbocycles. The number of halogens is 1. The number of phenols is 1. The van der Waals surface area contributed by atoms with Gasteiger partial charge < -0.3 is 15.2 Å². The second kappa shape index (κ2) is 6.07. The Morgan fingerprint density at radius 1 is 1.56 bits per heavy atom. The number of rotatable bonds is 3. The van der Waals surface area contributed by atoms with Crippen LogP contribution in [0, 0.1) is 5.92 Å². The highest BCUT2D eigenvalue weighted by molar-refractivity contribution is 6.30. The molecule has 1 aliphatic rings. The minimum Gasteiger partial charge on any atom is -0.507 e. The van der Waals surface area contributed by atoms with Crippen molar-refractivity contribution in [3.8, 4) is 5.75 Å². The molecule has 1 aromatic rings. The fourth-order valence-electron chi connectivity index (χ4n) is 2.00. The van der Waals surface area contributed by atoms with E-state index in [0.717, 1.165) is 19.4 Å². The van der Waals surface area contributed by atoms with E-state index in [-0.39, 0.29) is 17.2 Å². The molecule has 1 fully saturated rings. The van der Waals surface area contributed by atoms with E-state index in [0.29, 0.717) is 24.1 Å². The number of ether oxygens (including phenoxy) is 1. The lowest BCUT2D eigenvalue weighted by atomic mass is 10.0. The van der Waals surface area contributed by atoms with Crippen molar-refractivity contribution in [1.29, 1.82) is 0 Å². The van der Waals surface area contributed by atoms with Gasteiger partial charge in [-0.3, -0.25) is 4.79 Å². The number of aromatic hydroxyl groups is 1. The van der Waals surface area contributed by atoms with E-state index >= 15 is 0 Å². The summed E-state index contributed by atoms with van der Waals surface area (Å²) in [5.41, 5.74) is 0.246. The zero-order chi connectivity index (χ0) is 13.0. The first-order valence-electron chi connectivity index (χ1n) is 6.01. The molecule has 0 aromatic heterocycles. The predicted octanol–water partition coefficient (Wildman–Crippen LogP) is 2.20. The van der Waals surface area contributed by atoms with Crippen molar-refractivity contribution in [2.45, 2.75) is 12.8 Å². The molecule has 5 heteroatoms. The summed E-state index contributed by atoms with van der Waals surface area (Å²) >= 11 is 5.71. The van der Waals surface area contributed by atoms with Crippen LogP contribution in [0.5, 0.6) is 5.75 Å². The molecule has 18 heavy (non-hydrogen) atoms. The van der Waals surface area contributed by atoms with E-state index in [9.17, 15) is 9.90 Å². The van der Waals surface area contributed by atoms with Crippen LogP contribution in [0.4, 0.5) is 0 Å². The molecule has 2 N–H and O–H groups in total. The van der Waals surface area contributed by atoms with Crippen LogP contribution in [0.15, 0.2) is 18.2 Å². The maximum absolute atomic E-state index is 11.9. The third-order valence-electron chi connectivity index (χ3n) is 3.01. The molecule has 1 heterocycles. The van der Waals surface area contributed by atoms with E-state index in [2.05, 4.69) is 5.32 Å². The fourth-order valence-corrected chi connectivity index (χ4v) is 2.16. The molecule has 1 amide bonds. The number of benzene rings is 1. The van der Waals surface area contributed by atoms with Crippen LogP contribution in [0.25, 0.3) is 0 Å². The first-order chi connectivity index (χ1) is 8.66. The Morgan fingerprint density at radius 3 is 3.06 bits per heavy atom. The number of amides is 1. The lowest BCUT2D eigenvalue weighted by molar-refractivity contribution is 0.0536. The SMILES string of the molecule is O=C(NC[C@H]1CCCOC1)c1ccc(Cl)cc1O. The molecule has 2 rings (SSSR count). The fraction of sp³-hybridized carbons (Fsp3) is 0.462. The molecule has 0 unspecified atom stereocenters. The van der Waals surface area contributed by atoms with Crippen LogP contribution < -0.4 is 5.32 Å². The highest BCUT2D eigenvalue weighted by Crippen LogP contribution is 2.22. The first kappa shape index (κ1) is 13.2. The van der Waals surface area contributed by atoms with Crippen molar-refractivity contribution in [3.63, 3.8) is 0 Å². The van der Waals surface area contributed by atoms with E-state index in [1.54, 1.807) is 6.07 Å². The molecule has 0 radical (unpaired) electrons. The normalized spacial score (nSPS) is 19.5. The molecule has 1 aromatic carbocycles. The third-order valence-corrected chi connectivity index (χ3v) is 3.25. The number of hydrogen-bond donors (Lipinski definition) is 2. The minimum absolute atomic E-state index is 0.0973. The van der Waals surface area contributed by atoms with Crippen molar-refractivity contribution in [3.05, 3.63) is 28.8 Å². The van der Waals surface area contributed by atoms with Crippen LogP contribution in [-0.2, 0) is 4.74 Å². The topological polar surface area (TPSA) is 58.6 Å². The van der Waals surface area contributed by atoms with Crippen molar-refractivity contribution in [1.82, 2.24) is 5.32 Å². The standard InChI is InChI=1S/C13H16ClNO3/c14-10-3-4-11(12(16)6-10)13(17)15-7-9-2-1-5-18-8-9/h3-4,6,9,16H,1-2,5,7-8H2,(H,15,17)/t9-/m1/s1.